The summed E-state index contributed by atoms with van der Waals surface area (Å²) in [4.78, 5) is 16.3. The molecule has 2 atom stereocenters. The van der Waals surface area contributed by atoms with Gasteiger partial charge >= 0.3 is 0 Å². The lowest BCUT2D eigenvalue weighted by molar-refractivity contribution is -0.129. The number of amides is 1. The standard InChI is InChI=1S/C12H23N3O2/c1-17-5-4-14-3-2-11(9-14)15-8-10(7-13)6-12(15)16/h10-11H,2-9,13H2,1H3. The fourth-order valence-corrected chi connectivity index (χ4v) is 2.81. The molecule has 0 aromatic heterocycles. The molecule has 2 N–H and O–H groups in total. The van der Waals surface area contributed by atoms with E-state index >= 15 is 0 Å². The number of rotatable bonds is 5. The Balaban J connectivity index is 1.82. The molecule has 17 heavy (non-hydrogen) atoms. The van der Waals surface area contributed by atoms with E-state index in [1.807, 2.05) is 4.90 Å². The molecule has 2 rings (SSSR count). The van der Waals surface area contributed by atoms with E-state index in [-0.39, 0.29) is 0 Å². The lowest BCUT2D eigenvalue weighted by Gasteiger charge is -2.24. The van der Waals surface area contributed by atoms with Crippen LogP contribution in [0.4, 0.5) is 0 Å². The molecular formula is C12H23N3O2. The molecule has 0 bridgehead atoms. The molecule has 0 aromatic carbocycles. The van der Waals surface area contributed by atoms with Gasteiger partial charge in [-0.15, -0.1) is 0 Å². The third-order valence-corrected chi connectivity index (χ3v) is 3.87. The molecular weight excluding hydrogens is 218 g/mol. The third-order valence-electron chi connectivity index (χ3n) is 3.87. The maximum absolute atomic E-state index is 11.9. The zero-order valence-corrected chi connectivity index (χ0v) is 10.6. The van der Waals surface area contributed by atoms with Gasteiger partial charge in [-0.2, -0.15) is 0 Å². The van der Waals surface area contributed by atoms with E-state index in [1.54, 1.807) is 7.11 Å². The first-order valence-electron chi connectivity index (χ1n) is 6.45. The van der Waals surface area contributed by atoms with Crippen LogP contribution in [-0.4, -0.2) is 68.2 Å². The fourth-order valence-electron chi connectivity index (χ4n) is 2.81. The Morgan fingerprint density at radius 3 is 2.94 bits per heavy atom. The second-order valence-electron chi connectivity index (χ2n) is 5.09. The molecule has 2 aliphatic rings. The van der Waals surface area contributed by atoms with Crippen molar-refractivity contribution in [1.29, 1.82) is 0 Å². The summed E-state index contributed by atoms with van der Waals surface area (Å²) in [6.07, 6.45) is 1.73. The van der Waals surface area contributed by atoms with Crippen molar-refractivity contribution in [3.8, 4) is 0 Å². The van der Waals surface area contributed by atoms with Crippen LogP contribution < -0.4 is 5.73 Å². The Kier molecular flexibility index (Phi) is 4.36. The van der Waals surface area contributed by atoms with Crippen LogP contribution in [0.15, 0.2) is 0 Å². The maximum Gasteiger partial charge on any atom is 0.223 e. The number of hydrogen-bond acceptors (Lipinski definition) is 4. The summed E-state index contributed by atoms with van der Waals surface area (Å²) < 4.78 is 5.08. The molecule has 2 aliphatic heterocycles. The normalized spacial score (nSPS) is 30.5. The zero-order valence-electron chi connectivity index (χ0n) is 10.6. The van der Waals surface area contributed by atoms with E-state index in [2.05, 4.69) is 4.90 Å². The Morgan fingerprint density at radius 1 is 1.47 bits per heavy atom. The minimum Gasteiger partial charge on any atom is -0.383 e. The number of hydrogen-bond donors (Lipinski definition) is 1. The molecule has 0 radical (unpaired) electrons. The average Bonchev–Trinajstić information content (AvgIpc) is 2.92. The second-order valence-corrected chi connectivity index (χ2v) is 5.09. The minimum absolute atomic E-state index is 0.291. The van der Waals surface area contributed by atoms with Crippen molar-refractivity contribution in [2.75, 3.05) is 46.4 Å². The van der Waals surface area contributed by atoms with Crippen LogP contribution in [0.1, 0.15) is 12.8 Å². The van der Waals surface area contributed by atoms with E-state index in [0.29, 0.717) is 30.8 Å². The van der Waals surface area contributed by atoms with Gasteiger partial charge in [-0.3, -0.25) is 9.69 Å². The van der Waals surface area contributed by atoms with Gasteiger partial charge in [0.2, 0.25) is 5.91 Å². The quantitative estimate of drug-likeness (QED) is 0.706. The Morgan fingerprint density at radius 2 is 2.29 bits per heavy atom. The molecule has 98 valence electrons. The third kappa shape index (κ3) is 2.97. The van der Waals surface area contributed by atoms with Crippen molar-refractivity contribution < 1.29 is 9.53 Å². The largest absolute Gasteiger partial charge is 0.383 e. The summed E-state index contributed by atoms with van der Waals surface area (Å²) in [6, 6.07) is 0.399. The Labute approximate surface area is 103 Å². The predicted molar refractivity (Wildman–Crippen MR) is 65.6 cm³/mol. The average molecular weight is 241 g/mol. The van der Waals surface area contributed by atoms with Crippen molar-refractivity contribution in [3.63, 3.8) is 0 Å². The smallest absolute Gasteiger partial charge is 0.223 e. The number of carbonyl (C=O) groups excluding carboxylic acids is 1. The molecule has 2 heterocycles. The molecule has 0 saturated carbocycles. The van der Waals surface area contributed by atoms with Gasteiger partial charge in [-0.25, -0.2) is 0 Å². The van der Waals surface area contributed by atoms with Crippen LogP contribution in [-0.2, 0) is 9.53 Å². The molecule has 2 fully saturated rings. The van der Waals surface area contributed by atoms with Crippen LogP contribution in [0, 0.1) is 5.92 Å². The van der Waals surface area contributed by atoms with Crippen LogP contribution >= 0.6 is 0 Å². The van der Waals surface area contributed by atoms with Gasteiger partial charge in [-0.1, -0.05) is 0 Å². The summed E-state index contributed by atoms with van der Waals surface area (Å²) in [6.45, 7) is 5.29. The van der Waals surface area contributed by atoms with E-state index in [0.717, 1.165) is 39.2 Å². The number of methoxy groups -OCH3 is 1. The first-order chi connectivity index (χ1) is 8.24. The molecule has 5 nitrogen and oxygen atoms in total. The summed E-state index contributed by atoms with van der Waals surface area (Å²) in [5, 5.41) is 0. The highest BCUT2D eigenvalue weighted by Gasteiger charge is 2.36. The van der Waals surface area contributed by atoms with Gasteiger partial charge < -0.3 is 15.4 Å². The van der Waals surface area contributed by atoms with E-state index in [1.165, 1.54) is 0 Å². The number of ether oxygens (including phenoxy) is 1. The summed E-state index contributed by atoms with van der Waals surface area (Å²) in [5.74, 6) is 0.662. The van der Waals surface area contributed by atoms with Crippen LogP contribution in [0.3, 0.4) is 0 Å². The van der Waals surface area contributed by atoms with Crippen molar-refractivity contribution in [2.45, 2.75) is 18.9 Å². The molecule has 5 heteroatoms. The van der Waals surface area contributed by atoms with Crippen LogP contribution in [0.25, 0.3) is 0 Å². The first kappa shape index (κ1) is 12.8. The summed E-state index contributed by atoms with van der Waals surface area (Å²) in [7, 11) is 1.73. The maximum atomic E-state index is 11.9. The first-order valence-corrected chi connectivity index (χ1v) is 6.45. The number of likely N-dealkylation sites (tertiary alicyclic amines) is 2. The Hall–Kier alpha value is -0.650. The van der Waals surface area contributed by atoms with Crippen molar-refractivity contribution in [2.24, 2.45) is 11.7 Å². The van der Waals surface area contributed by atoms with Gasteiger partial charge in [0.25, 0.3) is 0 Å². The van der Waals surface area contributed by atoms with Gasteiger partial charge in [0, 0.05) is 45.8 Å². The summed E-state index contributed by atoms with van der Waals surface area (Å²) in [5.41, 5.74) is 5.64. The highest BCUT2D eigenvalue weighted by Crippen LogP contribution is 2.24. The highest BCUT2D eigenvalue weighted by atomic mass is 16.5. The monoisotopic (exact) mass is 241 g/mol. The lowest BCUT2D eigenvalue weighted by atomic mass is 10.1. The van der Waals surface area contributed by atoms with Crippen LogP contribution in [0.5, 0.6) is 0 Å². The molecule has 1 amide bonds. The molecule has 2 saturated heterocycles. The Bertz CT molecular complexity index is 272. The van der Waals surface area contributed by atoms with Gasteiger partial charge in [0.1, 0.15) is 0 Å². The molecule has 0 aliphatic carbocycles. The zero-order chi connectivity index (χ0) is 12.3. The SMILES string of the molecule is COCCN1CCC(N2CC(CN)CC2=O)C1. The number of nitrogens with zero attached hydrogens (tertiary/aromatic N) is 2. The number of nitrogens with two attached hydrogens (primary N) is 1. The topological polar surface area (TPSA) is 58.8 Å². The minimum atomic E-state index is 0.291. The van der Waals surface area contributed by atoms with E-state index in [4.69, 9.17) is 10.5 Å². The van der Waals surface area contributed by atoms with Gasteiger partial charge in [0.15, 0.2) is 0 Å². The van der Waals surface area contributed by atoms with Crippen LogP contribution in [0.2, 0.25) is 0 Å². The van der Waals surface area contributed by atoms with Crippen molar-refractivity contribution >= 4 is 5.91 Å². The second kappa shape index (κ2) is 5.80. The molecule has 2 unspecified atom stereocenters. The fraction of sp³-hybridized carbons (Fsp3) is 0.917. The van der Waals surface area contributed by atoms with E-state index in [9.17, 15) is 4.79 Å². The summed E-state index contributed by atoms with van der Waals surface area (Å²) >= 11 is 0. The van der Waals surface area contributed by atoms with Gasteiger partial charge in [0.05, 0.1) is 6.61 Å². The molecule has 0 aromatic rings. The predicted octanol–water partition coefficient (Wildman–Crippen LogP) is -0.486. The lowest BCUT2D eigenvalue weighted by Crippen LogP contribution is -2.39. The van der Waals surface area contributed by atoms with Gasteiger partial charge in [-0.05, 0) is 18.9 Å². The van der Waals surface area contributed by atoms with E-state index < -0.39 is 0 Å². The molecule has 0 spiro atoms. The van der Waals surface area contributed by atoms with Crippen molar-refractivity contribution in [3.05, 3.63) is 0 Å². The highest BCUT2D eigenvalue weighted by molar-refractivity contribution is 5.79. The number of carbonyl (C=O) groups is 1. The van der Waals surface area contributed by atoms with Crippen molar-refractivity contribution in [1.82, 2.24) is 9.80 Å².